The number of ether oxygens (including phenoxy) is 2. The highest BCUT2D eigenvalue weighted by Crippen LogP contribution is 2.22. The molecule has 0 fully saturated rings. The maximum Gasteiger partial charge on any atom is 0.123 e. The van der Waals surface area contributed by atoms with Crippen molar-refractivity contribution in [1.29, 1.82) is 0 Å². The number of likely N-dealkylation sites (N-methyl/N-ethyl adjacent to an activating group) is 1. The highest BCUT2D eigenvalue weighted by atomic mass is 16.5. The van der Waals surface area contributed by atoms with Gasteiger partial charge in [0, 0.05) is 6.07 Å². The molecule has 0 aliphatic rings. The Balaban J connectivity index is 2.06. The molecule has 0 radical (unpaired) electrons. The summed E-state index contributed by atoms with van der Waals surface area (Å²) in [5.41, 5.74) is 3.85. The van der Waals surface area contributed by atoms with Crippen LogP contribution in [0.2, 0.25) is 0 Å². The third-order valence-corrected chi connectivity index (χ3v) is 3.74. The van der Waals surface area contributed by atoms with Gasteiger partial charge in [-0.1, -0.05) is 24.3 Å². The number of rotatable bonds is 6. The second-order valence-electron chi connectivity index (χ2n) is 5.17. The number of benzene rings is 2. The van der Waals surface area contributed by atoms with Crippen molar-refractivity contribution in [2.75, 3.05) is 20.8 Å². The zero-order valence-electron chi connectivity index (χ0n) is 13.1. The van der Waals surface area contributed by atoms with Gasteiger partial charge in [-0.15, -0.1) is 0 Å². The zero-order valence-corrected chi connectivity index (χ0v) is 13.1. The predicted molar refractivity (Wildman–Crippen MR) is 86.2 cm³/mol. The zero-order chi connectivity index (χ0) is 15.2. The summed E-state index contributed by atoms with van der Waals surface area (Å²) in [7, 11) is 3.61. The van der Waals surface area contributed by atoms with E-state index in [-0.39, 0.29) is 6.04 Å². The first-order valence-electron chi connectivity index (χ1n) is 7.15. The molecule has 1 unspecified atom stereocenters. The van der Waals surface area contributed by atoms with Gasteiger partial charge in [0.25, 0.3) is 0 Å². The van der Waals surface area contributed by atoms with Crippen molar-refractivity contribution in [3.05, 3.63) is 59.2 Å². The Bertz CT molecular complexity index is 596. The number of nitrogens with one attached hydrogen (secondary N) is 1. The maximum absolute atomic E-state index is 5.88. The van der Waals surface area contributed by atoms with Crippen LogP contribution >= 0.6 is 0 Å². The molecule has 0 aromatic heterocycles. The van der Waals surface area contributed by atoms with Gasteiger partial charge in [0.15, 0.2) is 0 Å². The van der Waals surface area contributed by atoms with Gasteiger partial charge in [0.2, 0.25) is 0 Å². The number of methoxy groups -OCH3 is 1. The first kappa shape index (κ1) is 15.4. The highest BCUT2D eigenvalue weighted by Gasteiger charge is 2.11. The Morgan fingerprint density at radius 3 is 2.43 bits per heavy atom. The van der Waals surface area contributed by atoms with E-state index < -0.39 is 0 Å². The summed E-state index contributed by atoms with van der Waals surface area (Å²) in [6.07, 6.45) is 0. The van der Waals surface area contributed by atoms with Crippen LogP contribution in [0.3, 0.4) is 0 Å². The monoisotopic (exact) mass is 285 g/mol. The fourth-order valence-corrected chi connectivity index (χ4v) is 2.20. The van der Waals surface area contributed by atoms with Crippen LogP contribution < -0.4 is 14.8 Å². The molecule has 21 heavy (non-hydrogen) atoms. The largest absolute Gasteiger partial charge is 0.497 e. The van der Waals surface area contributed by atoms with Gasteiger partial charge >= 0.3 is 0 Å². The van der Waals surface area contributed by atoms with E-state index in [0.717, 1.165) is 11.5 Å². The van der Waals surface area contributed by atoms with Gasteiger partial charge in [0.1, 0.15) is 18.1 Å². The van der Waals surface area contributed by atoms with E-state index in [1.54, 1.807) is 7.11 Å². The molecule has 2 aromatic carbocycles. The van der Waals surface area contributed by atoms with Crippen molar-refractivity contribution in [3.8, 4) is 11.5 Å². The molecule has 0 aliphatic carbocycles. The van der Waals surface area contributed by atoms with Crippen molar-refractivity contribution >= 4 is 0 Å². The van der Waals surface area contributed by atoms with Gasteiger partial charge in [-0.3, -0.25) is 0 Å². The minimum Gasteiger partial charge on any atom is -0.497 e. The Kier molecular flexibility index (Phi) is 5.23. The fourth-order valence-electron chi connectivity index (χ4n) is 2.20. The van der Waals surface area contributed by atoms with E-state index in [0.29, 0.717) is 6.61 Å². The van der Waals surface area contributed by atoms with Crippen molar-refractivity contribution < 1.29 is 9.47 Å². The Hall–Kier alpha value is -2.00. The minimum atomic E-state index is 0.163. The molecule has 0 saturated carbocycles. The third kappa shape index (κ3) is 3.99. The Morgan fingerprint density at radius 1 is 1.00 bits per heavy atom. The smallest absolute Gasteiger partial charge is 0.123 e. The molecule has 0 saturated heterocycles. The van der Waals surface area contributed by atoms with E-state index in [4.69, 9.17) is 9.47 Å². The molecule has 0 amide bonds. The summed E-state index contributed by atoms with van der Waals surface area (Å²) < 4.78 is 11.1. The number of hydrogen-bond acceptors (Lipinski definition) is 3. The van der Waals surface area contributed by atoms with E-state index >= 15 is 0 Å². The molecule has 3 heteroatoms. The standard InChI is InChI=1S/C18H23NO2/c1-13-8-9-15(10-14(13)2)18(19-3)12-21-17-7-5-6-16(11-17)20-4/h5-11,18-19H,12H2,1-4H3. The first-order chi connectivity index (χ1) is 10.1. The summed E-state index contributed by atoms with van der Waals surface area (Å²) in [5.74, 6) is 1.62. The topological polar surface area (TPSA) is 30.5 Å². The molecule has 0 aliphatic heterocycles. The summed E-state index contributed by atoms with van der Waals surface area (Å²) >= 11 is 0. The lowest BCUT2D eigenvalue weighted by atomic mass is 10.0. The molecule has 2 aromatic rings. The molecular weight excluding hydrogens is 262 g/mol. The van der Waals surface area contributed by atoms with Crippen LogP contribution in [0.5, 0.6) is 11.5 Å². The van der Waals surface area contributed by atoms with Crippen LogP contribution in [0.1, 0.15) is 22.7 Å². The van der Waals surface area contributed by atoms with E-state index in [1.807, 2.05) is 31.3 Å². The summed E-state index contributed by atoms with van der Waals surface area (Å²) in [5, 5.41) is 3.31. The van der Waals surface area contributed by atoms with Crippen LogP contribution in [0, 0.1) is 13.8 Å². The molecule has 0 bridgehead atoms. The van der Waals surface area contributed by atoms with Gasteiger partial charge in [-0.25, -0.2) is 0 Å². The lowest BCUT2D eigenvalue weighted by Gasteiger charge is -2.19. The number of aryl methyl sites for hydroxylation is 2. The van der Waals surface area contributed by atoms with E-state index in [1.165, 1.54) is 16.7 Å². The van der Waals surface area contributed by atoms with Gasteiger partial charge < -0.3 is 14.8 Å². The quantitative estimate of drug-likeness (QED) is 0.878. The predicted octanol–water partition coefficient (Wildman–Crippen LogP) is 3.65. The van der Waals surface area contributed by atoms with E-state index in [9.17, 15) is 0 Å². The number of hydrogen-bond donors (Lipinski definition) is 1. The van der Waals surface area contributed by atoms with Crippen LogP contribution in [0.4, 0.5) is 0 Å². The molecule has 112 valence electrons. The molecule has 0 heterocycles. The molecule has 3 nitrogen and oxygen atoms in total. The van der Waals surface area contributed by atoms with Gasteiger partial charge in [0.05, 0.1) is 13.2 Å². The minimum absolute atomic E-state index is 0.163. The summed E-state index contributed by atoms with van der Waals surface area (Å²) in [6, 6.07) is 14.4. The molecule has 1 N–H and O–H groups in total. The van der Waals surface area contributed by atoms with Gasteiger partial charge in [-0.2, -0.15) is 0 Å². The van der Waals surface area contributed by atoms with Gasteiger partial charge in [-0.05, 0) is 49.7 Å². The molecule has 2 rings (SSSR count). The Labute approximate surface area is 126 Å². The lowest BCUT2D eigenvalue weighted by molar-refractivity contribution is 0.271. The van der Waals surface area contributed by atoms with Crippen LogP contribution in [0.15, 0.2) is 42.5 Å². The second kappa shape index (κ2) is 7.14. The van der Waals surface area contributed by atoms with Crippen LogP contribution in [-0.4, -0.2) is 20.8 Å². The summed E-state index contributed by atoms with van der Waals surface area (Å²) in [4.78, 5) is 0. The molecule has 1 atom stereocenters. The fraction of sp³-hybridized carbons (Fsp3) is 0.333. The average molecular weight is 285 g/mol. The lowest BCUT2D eigenvalue weighted by Crippen LogP contribution is -2.23. The molecule has 0 spiro atoms. The maximum atomic E-state index is 5.88. The van der Waals surface area contributed by atoms with Crippen molar-refractivity contribution in [2.45, 2.75) is 19.9 Å². The van der Waals surface area contributed by atoms with Crippen molar-refractivity contribution in [3.63, 3.8) is 0 Å². The van der Waals surface area contributed by atoms with Crippen LogP contribution in [-0.2, 0) is 0 Å². The second-order valence-corrected chi connectivity index (χ2v) is 5.17. The summed E-state index contributed by atoms with van der Waals surface area (Å²) in [6.45, 7) is 4.83. The van der Waals surface area contributed by atoms with Crippen molar-refractivity contribution in [1.82, 2.24) is 5.32 Å². The Morgan fingerprint density at radius 2 is 1.76 bits per heavy atom. The first-order valence-corrected chi connectivity index (χ1v) is 7.15. The normalized spacial score (nSPS) is 12.0. The van der Waals surface area contributed by atoms with Crippen LogP contribution in [0.25, 0.3) is 0 Å². The third-order valence-electron chi connectivity index (χ3n) is 3.74. The van der Waals surface area contributed by atoms with Crippen molar-refractivity contribution in [2.24, 2.45) is 0 Å². The average Bonchev–Trinajstić information content (AvgIpc) is 2.51. The SMILES string of the molecule is CNC(COc1cccc(OC)c1)c1ccc(C)c(C)c1. The van der Waals surface area contributed by atoms with E-state index in [2.05, 4.69) is 37.4 Å². The highest BCUT2D eigenvalue weighted by molar-refractivity contribution is 5.34. The molecular formula is C18H23NO2.